The molecule has 1 fully saturated rings. The van der Waals surface area contributed by atoms with E-state index in [1.165, 1.54) is 0 Å². The molecule has 1 aliphatic rings. The van der Waals surface area contributed by atoms with Gasteiger partial charge in [0.05, 0.1) is 23.2 Å². The summed E-state index contributed by atoms with van der Waals surface area (Å²) in [6.07, 6.45) is -1.63. The van der Waals surface area contributed by atoms with Crippen LogP contribution < -0.4 is 11.1 Å². The fourth-order valence-electron chi connectivity index (χ4n) is 2.03. The van der Waals surface area contributed by atoms with Crippen LogP contribution in [-0.4, -0.2) is 23.7 Å². The van der Waals surface area contributed by atoms with Crippen molar-refractivity contribution in [2.45, 2.75) is 31.5 Å². The normalized spacial score (nSPS) is 23.6. The van der Waals surface area contributed by atoms with Crippen LogP contribution in [0.15, 0.2) is 12.3 Å². The minimum atomic E-state index is -4.47. The van der Waals surface area contributed by atoms with E-state index in [1.54, 1.807) is 0 Å². The van der Waals surface area contributed by atoms with Crippen molar-refractivity contribution in [2.24, 2.45) is 0 Å². The number of rotatable bonds is 3. The van der Waals surface area contributed by atoms with Crippen LogP contribution in [0.5, 0.6) is 0 Å². The van der Waals surface area contributed by atoms with E-state index in [9.17, 15) is 13.2 Å². The summed E-state index contributed by atoms with van der Waals surface area (Å²) in [7, 11) is 0. The quantitative estimate of drug-likeness (QED) is 0.890. The molecule has 1 saturated heterocycles. The summed E-state index contributed by atoms with van der Waals surface area (Å²) in [4.78, 5) is 3.29. The first-order valence-corrected chi connectivity index (χ1v) is 6.01. The van der Waals surface area contributed by atoms with Gasteiger partial charge in [-0.15, -0.1) is 0 Å². The molecule has 106 valence electrons. The fraction of sp³-hybridized carbons (Fsp3) is 0.583. The smallest absolute Gasteiger partial charge is 0.396 e. The predicted octanol–water partition coefficient (Wildman–Crippen LogP) is 2.66. The molecule has 1 aromatic heterocycles. The van der Waals surface area contributed by atoms with Gasteiger partial charge in [0, 0.05) is 13.2 Å². The minimum Gasteiger partial charge on any atom is -0.396 e. The van der Waals surface area contributed by atoms with Crippen LogP contribution in [0.25, 0.3) is 0 Å². The molecule has 19 heavy (non-hydrogen) atoms. The summed E-state index contributed by atoms with van der Waals surface area (Å²) < 4.78 is 43.2. The van der Waals surface area contributed by atoms with Crippen molar-refractivity contribution in [3.05, 3.63) is 18.0 Å². The Morgan fingerprint density at radius 1 is 1.53 bits per heavy atom. The lowest BCUT2D eigenvalue weighted by atomic mass is 10.0. The maximum Gasteiger partial charge on any atom is 0.433 e. The lowest BCUT2D eigenvalue weighted by Crippen LogP contribution is -2.32. The molecular formula is C12H16F3N3O. The van der Waals surface area contributed by atoms with Crippen molar-refractivity contribution < 1.29 is 17.9 Å². The molecule has 0 bridgehead atoms. The number of aromatic nitrogens is 1. The molecule has 0 aromatic carbocycles. The number of nitrogens with one attached hydrogen (secondary N) is 1. The summed E-state index contributed by atoms with van der Waals surface area (Å²) in [5, 5.41) is 2.92. The van der Waals surface area contributed by atoms with Gasteiger partial charge in [-0.2, -0.15) is 13.2 Å². The van der Waals surface area contributed by atoms with E-state index < -0.39 is 11.9 Å². The topological polar surface area (TPSA) is 60.2 Å². The highest BCUT2D eigenvalue weighted by Gasteiger charge is 2.33. The first-order valence-electron chi connectivity index (χ1n) is 6.01. The zero-order valence-electron chi connectivity index (χ0n) is 10.5. The van der Waals surface area contributed by atoms with Crippen LogP contribution in [0.3, 0.4) is 0 Å². The lowest BCUT2D eigenvalue weighted by molar-refractivity contribution is -0.141. The average Bonchev–Trinajstić information content (AvgIpc) is 2.74. The van der Waals surface area contributed by atoms with E-state index in [1.807, 2.05) is 6.92 Å². The van der Waals surface area contributed by atoms with Crippen molar-refractivity contribution in [1.82, 2.24) is 4.98 Å². The van der Waals surface area contributed by atoms with Gasteiger partial charge in [-0.25, -0.2) is 4.98 Å². The average molecular weight is 275 g/mol. The van der Waals surface area contributed by atoms with Gasteiger partial charge < -0.3 is 15.8 Å². The van der Waals surface area contributed by atoms with Gasteiger partial charge in [-0.3, -0.25) is 0 Å². The number of pyridine rings is 1. The lowest BCUT2D eigenvalue weighted by Gasteiger charge is -2.24. The van der Waals surface area contributed by atoms with Crippen molar-refractivity contribution >= 4 is 11.4 Å². The number of hydrogen-bond acceptors (Lipinski definition) is 4. The molecule has 0 saturated carbocycles. The number of nitrogens with two attached hydrogens (primary N) is 1. The number of alkyl halides is 3. The molecule has 0 aliphatic carbocycles. The highest BCUT2D eigenvalue weighted by molar-refractivity contribution is 5.65. The van der Waals surface area contributed by atoms with Gasteiger partial charge in [-0.05, 0) is 25.8 Å². The second-order valence-corrected chi connectivity index (χ2v) is 4.91. The minimum absolute atomic E-state index is 0.189. The maximum absolute atomic E-state index is 12.6. The van der Waals surface area contributed by atoms with E-state index in [0.29, 0.717) is 13.2 Å². The molecule has 4 nitrogen and oxygen atoms in total. The molecular weight excluding hydrogens is 259 g/mol. The summed E-state index contributed by atoms with van der Waals surface area (Å²) in [5.41, 5.74) is 4.74. The van der Waals surface area contributed by atoms with Gasteiger partial charge in [0.25, 0.3) is 0 Å². The molecule has 2 heterocycles. The maximum atomic E-state index is 12.6. The Kier molecular flexibility index (Phi) is 3.58. The highest BCUT2D eigenvalue weighted by Crippen LogP contribution is 2.32. The highest BCUT2D eigenvalue weighted by atomic mass is 19.4. The van der Waals surface area contributed by atoms with Crippen LogP contribution in [0, 0.1) is 0 Å². The summed E-state index contributed by atoms with van der Waals surface area (Å²) in [6, 6.07) is 0.924. The number of halogens is 3. The molecule has 0 spiro atoms. The Hall–Kier alpha value is -1.50. The van der Waals surface area contributed by atoms with Crippen LogP contribution in [0.4, 0.5) is 24.5 Å². The number of nitrogens with zero attached hydrogens (tertiary/aromatic N) is 1. The Morgan fingerprint density at radius 3 is 2.84 bits per heavy atom. The zero-order chi connectivity index (χ0) is 14.1. The second kappa shape index (κ2) is 4.88. The summed E-state index contributed by atoms with van der Waals surface area (Å²) >= 11 is 0. The van der Waals surface area contributed by atoms with Crippen molar-refractivity contribution in [3.63, 3.8) is 0 Å². The Labute approximate surface area is 109 Å². The van der Waals surface area contributed by atoms with Crippen molar-refractivity contribution in [3.8, 4) is 0 Å². The molecule has 1 aromatic rings. The van der Waals surface area contributed by atoms with Crippen LogP contribution in [0.1, 0.15) is 25.5 Å². The van der Waals surface area contributed by atoms with Gasteiger partial charge >= 0.3 is 6.18 Å². The van der Waals surface area contributed by atoms with Crippen LogP contribution in [-0.2, 0) is 10.9 Å². The molecule has 0 amide bonds. The number of nitrogen functional groups attached to an aromatic ring is 1. The Bertz CT molecular complexity index is 456. The Balaban J connectivity index is 2.11. The molecule has 0 radical (unpaired) electrons. The van der Waals surface area contributed by atoms with Gasteiger partial charge in [0.15, 0.2) is 0 Å². The van der Waals surface area contributed by atoms with Crippen LogP contribution >= 0.6 is 0 Å². The molecule has 1 atom stereocenters. The third-order valence-electron chi connectivity index (χ3n) is 3.18. The third-order valence-corrected chi connectivity index (χ3v) is 3.18. The molecule has 2 rings (SSSR count). The SMILES string of the molecule is CC1(CNc2cc(C(F)(F)F)ncc2N)CCCO1. The van der Waals surface area contributed by atoms with Gasteiger partial charge in [0.2, 0.25) is 0 Å². The number of anilines is 2. The number of hydrogen-bond donors (Lipinski definition) is 2. The molecule has 7 heteroatoms. The standard InChI is InChI=1S/C12H16F3N3O/c1-11(3-2-4-19-11)7-18-9-5-10(12(13,14)15)17-6-8(9)16/h5-6H,2-4,7,16H2,1H3,(H,17,18). The predicted molar refractivity (Wildman–Crippen MR) is 65.7 cm³/mol. The van der Waals surface area contributed by atoms with Gasteiger partial charge in [0.1, 0.15) is 5.69 Å². The largest absolute Gasteiger partial charge is 0.433 e. The summed E-state index contributed by atoms with van der Waals surface area (Å²) in [6.45, 7) is 3.02. The van der Waals surface area contributed by atoms with E-state index in [2.05, 4.69) is 10.3 Å². The third kappa shape index (κ3) is 3.28. The van der Waals surface area contributed by atoms with Crippen LogP contribution in [0.2, 0.25) is 0 Å². The monoisotopic (exact) mass is 275 g/mol. The zero-order valence-corrected chi connectivity index (χ0v) is 10.5. The van der Waals surface area contributed by atoms with E-state index in [4.69, 9.17) is 10.5 Å². The molecule has 3 N–H and O–H groups in total. The van der Waals surface area contributed by atoms with E-state index >= 15 is 0 Å². The van der Waals surface area contributed by atoms with Gasteiger partial charge in [-0.1, -0.05) is 0 Å². The van der Waals surface area contributed by atoms with E-state index in [0.717, 1.165) is 25.1 Å². The van der Waals surface area contributed by atoms with Crippen molar-refractivity contribution in [2.75, 3.05) is 24.2 Å². The van der Waals surface area contributed by atoms with Crippen molar-refractivity contribution in [1.29, 1.82) is 0 Å². The first kappa shape index (κ1) is 13.9. The molecule has 1 unspecified atom stereocenters. The first-order chi connectivity index (χ1) is 8.80. The molecule has 1 aliphatic heterocycles. The second-order valence-electron chi connectivity index (χ2n) is 4.91. The Morgan fingerprint density at radius 2 is 2.26 bits per heavy atom. The number of ether oxygens (including phenoxy) is 1. The van der Waals surface area contributed by atoms with E-state index in [-0.39, 0.29) is 17.0 Å². The summed E-state index contributed by atoms with van der Waals surface area (Å²) in [5.74, 6) is 0. The fourth-order valence-corrected chi connectivity index (χ4v) is 2.03.